The molecule has 0 fully saturated rings. The normalized spacial score (nSPS) is 40.0. The van der Waals surface area contributed by atoms with Crippen molar-refractivity contribution in [3.8, 4) is 0 Å². The number of nitrogens with zero attached hydrogens (tertiary/aromatic N) is 1. The van der Waals surface area contributed by atoms with Crippen molar-refractivity contribution in [3.05, 3.63) is 0 Å². The van der Waals surface area contributed by atoms with E-state index < -0.39 is 17.6 Å². The first-order valence-electron chi connectivity index (χ1n) is 2.54. The van der Waals surface area contributed by atoms with Crippen LogP contribution in [0.3, 0.4) is 0 Å². The van der Waals surface area contributed by atoms with Crippen molar-refractivity contribution in [2.45, 2.75) is 18.6 Å². The Hall–Kier alpha value is -0.900. The molecule has 0 aromatic heterocycles. The maximum absolute atomic E-state index is 10.2. The molecule has 0 spiro atoms. The lowest BCUT2D eigenvalue weighted by Gasteiger charge is -2.30. The van der Waals surface area contributed by atoms with Gasteiger partial charge in [-0.3, -0.25) is 4.99 Å². The second-order valence-corrected chi connectivity index (χ2v) is 2.18. The quantitative estimate of drug-likeness (QED) is 0.490. The summed E-state index contributed by atoms with van der Waals surface area (Å²) < 4.78 is 0. The van der Waals surface area contributed by atoms with Crippen LogP contribution in [-0.2, 0) is 4.79 Å². The molecule has 0 aliphatic carbocycles. The SMILES string of the molecule is C[C@@]1(C(=O)O)N=C[C@H]1O. The molecule has 2 atom stereocenters. The predicted molar refractivity (Wildman–Crippen MR) is 30.5 cm³/mol. The van der Waals surface area contributed by atoms with Gasteiger partial charge in [0.25, 0.3) is 0 Å². The van der Waals surface area contributed by atoms with E-state index in [4.69, 9.17) is 10.2 Å². The number of aliphatic imine (C=N–C) groups is 1. The number of carbonyl (C=O) groups is 1. The van der Waals surface area contributed by atoms with Crippen LogP contribution in [0.4, 0.5) is 0 Å². The Kier molecular flexibility index (Phi) is 1.06. The molecule has 1 heterocycles. The molecular formula is C5H7NO3. The average molecular weight is 129 g/mol. The first kappa shape index (κ1) is 6.22. The van der Waals surface area contributed by atoms with Gasteiger partial charge in [-0.1, -0.05) is 0 Å². The van der Waals surface area contributed by atoms with Crippen LogP contribution in [-0.4, -0.2) is 34.0 Å². The van der Waals surface area contributed by atoms with Crippen LogP contribution in [0.25, 0.3) is 0 Å². The lowest BCUT2D eigenvalue weighted by atomic mass is 9.91. The van der Waals surface area contributed by atoms with E-state index in [0.717, 1.165) is 0 Å². The molecule has 0 aromatic rings. The summed E-state index contributed by atoms with van der Waals surface area (Å²) in [5, 5.41) is 17.2. The third-order valence-corrected chi connectivity index (χ3v) is 1.49. The van der Waals surface area contributed by atoms with Crippen LogP contribution in [0.5, 0.6) is 0 Å². The number of aliphatic hydroxyl groups is 1. The van der Waals surface area contributed by atoms with E-state index >= 15 is 0 Å². The minimum absolute atomic E-state index is 0.921. The van der Waals surface area contributed by atoms with Gasteiger partial charge < -0.3 is 10.2 Å². The maximum Gasteiger partial charge on any atom is 0.334 e. The second kappa shape index (κ2) is 1.54. The summed E-state index contributed by atoms with van der Waals surface area (Å²) in [7, 11) is 0. The minimum Gasteiger partial charge on any atom is -0.479 e. The topological polar surface area (TPSA) is 69.9 Å². The van der Waals surface area contributed by atoms with Crippen LogP contribution < -0.4 is 0 Å². The molecule has 50 valence electrons. The van der Waals surface area contributed by atoms with E-state index in [9.17, 15) is 4.79 Å². The molecule has 0 saturated carbocycles. The molecule has 9 heavy (non-hydrogen) atoms. The highest BCUT2D eigenvalue weighted by Crippen LogP contribution is 2.21. The number of hydrogen-bond donors (Lipinski definition) is 2. The first-order valence-corrected chi connectivity index (χ1v) is 2.54. The molecule has 2 N–H and O–H groups in total. The van der Waals surface area contributed by atoms with Gasteiger partial charge in [-0.2, -0.15) is 0 Å². The summed E-state index contributed by atoms with van der Waals surface area (Å²) in [5.41, 5.74) is -1.28. The van der Waals surface area contributed by atoms with E-state index in [1.807, 2.05) is 0 Å². The van der Waals surface area contributed by atoms with E-state index in [2.05, 4.69) is 4.99 Å². The molecule has 0 saturated heterocycles. The summed E-state index contributed by atoms with van der Waals surface area (Å²) in [5.74, 6) is -1.09. The van der Waals surface area contributed by atoms with Crippen LogP contribution in [0.1, 0.15) is 6.92 Å². The van der Waals surface area contributed by atoms with Crippen molar-refractivity contribution in [2.24, 2.45) is 4.99 Å². The van der Waals surface area contributed by atoms with Gasteiger partial charge in [0.05, 0.1) is 0 Å². The van der Waals surface area contributed by atoms with Gasteiger partial charge in [0.1, 0.15) is 6.10 Å². The summed E-state index contributed by atoms with van der Waals surface area (Å²) in [4.78, 5) is 13.7. The molecule has 0 aromatic carbocycles. The fourth-order valence-corrected chi connectivity index (χ4v) is 0.547. The van der Waals surface area contributed by atoms with Crippen molar-refractivity contribution in [1.82, 2.24) is 0 Å². The van der Waals surface area contributed by atoms with Gasteiger partial charge in [-0.05, 0) is 6.92 Å². The molecular weight excluding hydrogens is 122 g/mol. The summed E-state index contributed by atoms with van der Waals surface area (Å²) in [6.07, 6.45) is 0.295. The smallest absolute Gasteiger partial charge is 0.334 e. The van der Waals surface area contributed by atoms with Crippen molar-refractivity contribution in [3.63, 3.8) is 0 Å². The Bertz CT molecular complexity index is 177. The van der Waals surface area contributed by atoms with Gasteiger partial charge in [0.15, 0.2) is 5.54 Å². The zero-order chi connectivity index (χ0) is 7.07. The average Bonchev–Trinajstić information content (AvgIpc) is 1.82. The Morgan fingerprint density at radius 2 is 2.44 bits per heavy atom. The fraction of sp³-hybridized carbons (Fsp3) is 0.600. The van der Waals surface area contributed by atoms with Gasteiger partial charge in [0, 0.05) is 6.21 Å². The summed E-state index contributed by atoms with van der Waals surface area (Å²) >= 11 is 0. The highest BCUT2D eigenvalue weighted by atomic mass is 16.4. The Morgan fingerprint density at radius 1 is 1.89 bits per heavy atom. The lowest BCUT2D eigenvalue weighted by Crippen LogP contribution is -2.52. The zero-order valence-corrected chi connectivity index (χ0v) is 4.90. The summed E-state index contributed by atoms with van der Waals surface area (Å²) in [6, 6.07) is 0. The molecule has 4 heteroatoms. The maximum atomic E-state index is 10.2. The van der Waals surface area contributed by atoms with Crippen molar-refractivity contribution < 1.29 is 15.0 Å². The van der Waals surface area contributed by atoms with Crippen LogP contribution in [0.2, 0.25) is 0 Å². The summed E-state index contributed by atoms with van der Waals surface area (Å²) in [6.45, 7) is 1.38. The fourth-order valence-electron chi connectivity index (χ4n) is 0.547. The Balaban J connectivity index is 2.79. The predicted octanol–water partition coefficient (Wildman–Crippen LogP) is -0.725. The van der Waals surface area contributed by atoms with E-state index in [-0.39, 0.29) is 0 Å². The van der Waals surface area contributed by atoms with Gasteiger partial charge in [-0.25, -0.2) is 4.79 Å². The van der Waals surface area contributed by atoms with Gasteiger partial charge >= 0.3 is 5.97 Å². The molecule has 4 nitrogen and oxygen atoms in total. The number of hydrogen-bond acceptors (Lipinski definition) is 3. The van der Waals surface area contributed by atoms with Crippen LogP contribution >= 0.6 is 0 Å². The number of carboxylic acids is 1. The monoisotopic (exact) mass is 129 g/mol. The van der Waals surface area contributed by atoms with Crippen molar-refractivity contribution >= 4 is 12.2 Å². The molecule has 0 bridgehead atoms. The van der Waals surface area contributed by atoms with Gasteiger partial charge in [-0.15, -0.1) is 0 Å². The molecule has 0 amide bonds. The molecule has 0 unspecified atom stereocenters. The third kappa shape index (κ3) is 0.632. The standard InChI is InChI=1S/C5H7NO3/c1-5(4(8)9)3(7)2-6-5/h2-3,7H,1H3,(H,8,9)/t3-,5-/m1/s1. The van der Waals surface area contributed by atoms with Crippen molar-refractivity contribution in [2.75, 3.05) is 0 Å². The Labute approximate surface area is 51.8 Å². The van der Waals surface area contributed by atoms with Crippen molar-refractivity contribution in [1.29, 1.82) is 0 Å². The molecule has 1 rings (SSSR count). The Morgan fingerprint density at radius 3 is 2.44 bits per heavy atom. The highest BCUT2D eigenvalue weighted by Gasteiger charge is 2.45. The third-order valence-electron chi connectivity index (χ3n) is 1.49. The largest absolute Gasteiger partial charge is 0.479 e. The number of aliphatic carboxylic acids is 1. The highest BCUT2D eigenvalue weighted by molar-refractivity contribution is 5.92. The van der Waals surface area contributed by atoms with E-state index in [0.29, 0.717) is 0 Å². The minimum atomic E-state index is -1.28. The zero-order valence-electron chi connectivity index (χ0n) is 4.90. The molecule has 0 radical (unpaired) electrons. The molecule has 1 aliphatic rings. The lowest BCUT2D eigenvalue weighted by molar-refractivity contribution is -0.146. The van der Waals surface area contributed by atoms with Gasteiger partial charge in [0.2, 0.25) is 0 Å². The van der Waals surface area contributed by atoms with Crippen LogP contribution in [0.15, 0.2) is 4.99 Å². The number of rotatable bonds is 1. The van der Waals surface area contributed by atoms with Crippen LogP contribution in [0, 0.1) is 0 Å². The number of aliphatic hydroxyl groups excluding tert-OH is 1. The first-order chi connectivity index (χ1) is 4.07. The van der Waals surface area contributed by atoms with E-state index in [1.165, 1.54) is 13.1 Å². The van der Waals surface area contributed by atoms with E-state index in [1.54, 1.807) is 0 Å². The second-order valence-electron chi connectivity index (χ2n) is 2.18. The number of carboxylic acid groups (broad SMARTS) is 1. The molecule has 1 aliphatic heterocycles.